The van der Waals surface area contributed by atoms with Gasteiger partial charge in [0.25, 0.3) is 22.9 Å². The molecule has 2 aromatic heterocycles. The fourth-order valence-corrected chi connectivity index (χ4v) is 12.8. The van der Waals surface area contributed by atoms with Gasteiger partial charge in [0, 0.05) is 150 Å². The van der Waals surface area contributed by atoms with Gasteiger partial charge in [-0.15, -0.1) is 0 Å². The van der Waals surface area contributed by atoms with Crippen LogP contribution in [0.15, 0.2) is 107 Å². The molecule has 4 saturated heterocycles. The van der Waals surface area contributed by atoms with Crippen molar-refractivity contribution in [3.05, 3.63) is 140 Å². The van der Waals surface area contributed by atoms with E-state index >= 15 is 0 Å². The minimum atomic E-state index is -0.664. The van der Waals surface area contributed by atoms with Crippen LogP contribution >= 0.6 is 0 Å². The van der Waals surface area contributed by atoms with Crippen molar-refractivity contribution in [1.29, 1.82) is 0 Å². The summed E-state index contributed by atoms with van der Waals surface area (Å²) in [5.74, 6) is 0.805. The van der Waals surface area contributed by atoms with Crippen molar-refractivity contribution in [2.45, 2.75) is 102 Å². The van der Waals surface area contributed by atoms with Crippen molar-refractivity contribution in [1.82, 2.24) is 50.8 Å². The normalized spacial score (nSPS) is 24.2. The number of amides is 4. The van der Waals surface area contributed by atoms with Gasteiger partial charge in [-0.3, -0.25) is 48.4 Å². The monoisotopic (exact) mass is 1180 g/mol. The number of H-pyrrole nitrogens is 2. The average Bonchev–Trinajstić information content (AvgIpc) is 2.69. The lowest BCUT2D eigenvalue weighted by Gasteiger charge is -2.43. The molecule has 0 unspecified atom stereocenters. The summed E-state index contributed by atoms with van der Waals surface area (Å²) in [5.41, 5.74) is 2.88. The number of carbonyl (C=O) groups excluding carboxylic acids is 4. The first-order chi connectivity index (χ1) is 41.3. The number of aromatic amines is 2. The van der Waals surface area contributed by atoms with E-state index in [0.717, 1.165) is 11.1 Å². The third-order valence-electron chi connectivity index (χ3n) is 17.5. The smallest absolute Gasteiger partial charge is 0.291 e. The quantitative estimate of drug-likeness (QED) is 0.0739. The standard InChI is InChI=1S/C64H82N12O10/c1-41-31-73(37-55(77)75-39-63(3,4)57-49(75)25-51(61(81)69-57)85-47-13-9-7-10-14-47)45(29-65-41)33-71-21-23-83-53(35-71)59(79)67-27-43-17-19-44(20-18-43)28-68-60(80)54-36-72(22-24-84-54)34-46-30-66-42(2)32-74(46)38-56(78)76-40-64(5,6)58-50(76)26-52(62(82)70-58)86-48-15-11-8-12-16-48/h7-20,25-26,41-42,45-46,53-54,65-66H,21-24,27-40H2,1-6H3,(H,67,79)(H,68,80)(H,69,81)(H,70,82)/t41-,42-,45-,46-,53+,54+/m1/s1. The molecule has 6 aliphatic heterocycles. The van der Waals surface area contributed by atoms with Crippen LogP contribution in [0.3, 0.4) is 0 Å². The van der Waals surface area contributed by atoms with Gasteiger partial charge in [-0.1, -0.05) is 88.4 Å². The Morgan fingerprint density at radius 3 is 1.36 bits per heavy atom. The highest BCUT2D eigenvalue weighted by molar-refractivity contribution is 5.98. The van der Waals surface area contributed by atoms with Crippen molar-refractivity contribution in [2.75, 3.05) is 115 Å². The number of fused-ring (bicyclic) bond motifs is 2. The second kappa shape index (κ2) is 26.0. The third kappa shape index (κ3) is 14.1. The zero-order chi connectivity index (χ0) is 60.3. The van der Waals surface area contributed by atoms with Crippen molar-refractivity contribution in [2.24, 2.45) is 0 Å². The summed E-state index contributed by atoms with van der Waals surface area (Å²) < 4.78 is 24.0. The molecule has 458 valence electrons. The summed E-state index contributed by atoms with van der Waals surface area (Å²) in [7, 11) is 0. The number of piperazine rings is 2. The molecule has 6 aliphatic rings. The molecule has 0 spiro atoms. The van der Waals surface area contributed by atoms with Crippen LogP contribution in [0.1, 0.15) is 64.1 Å². The number of para-hydroxylation sites is 2. The van der Waals surface area contributed by atoms with Crippen LogP contribution in [-0.4, -0.2) is 194 Å². The highest BCUT2D eigenvalue weighted by atomic mass is 16.5. The molecule has 0 radical (unpaired) electrons. The molecule has 0 saturated carbocycles. The largest absolute Gasteiger partial charge is 0.451 e. The number of nitrogens with zero attached hydrogens (tertiary/aromatic N) is 6. The maximum absolute atomic E-state index is 14.3. The first-order valence-electron chi connectivity index (χ1n) is 30.2. The summed E-state index contributed by atoms with van der Waals surface area (Å²) in [6.07, 6.45) is -1.33. The van der Waals surface area contributed by atoms with E-state index in [1.54, 1.807) is 46.2 Å². The van der Waals surface area contributed by atoms with E-state index in [-0.39, 0.29) is 83.5 Å². The maximum atomic E-state index is 14.3. The number of hydrogen-bond donors (Lipinski definition) is 6. The van der Waals surface area contributed by atoms with Crippen LogP contribution in [0.5, 0.6) is 23.0 Å². The topological polar surface area (TPSA) is 238 Å². The summed E-state index contributed by atoms with van der Waals surface area (Å²) in [6, 6.07) is 29.7. The average molecular weight is 1180 g/mol. The summed E-state index contributed by atoms with van der Waals surface area (Å²) in [5, 5.41) is 13.3. The van der Waals surface area contributed by atoms with Crippen LogP contribution in [0.25, 0.3) is 0 Å². The molecule has 4 amide bonds. The molecule has 6 N–H and O–H groups in total. The van der Waals surface area contributed by atoms with Gasteiger partial charge in [0.1, 0.15) is 23.7 Å². The highest BCUT2D eigenvalue weighted by Crippen LogP contribution is 2.42. The number of benzene rings is 3. The predicted molar refractivity (Wildman–Crippen MR) is 326 cm³/mol. The summed E-state index contributed by atoms with van der Waals surface area (Å²) in [4.78, 5) is 101. The highest BCUT2D eigenvalue weighted by Gasteiger charge is 2.44. The van der Waals surface area contributed by atoms with Gasteiger partial charge in [0.15, 0.2) is 11.5 Å². The molecular formula is C64H82N12O10. The number of rotatable bonds is 18. The Labute approximate surface area is 501 Å². The predicted octanol–water partition coefficient (Wildman–Crippen LogP) is 3.26. The maximum Gasteiger partial charge on any atom is 0.291 e. The SMILES string of the molecule is C[C@@H]1CN(CC(=O)N2CC(C)(C)c3[nH]c(=O)c(Oc4ccccc4)cc32)[C@@H](CN2CCO[C@H](C(=O)NCc3ccc(CNC(=O)[C@@H]4CN(C[C@H]5CN[C@H](C)CN5CC(=O)N5CC(C)(C)c6[nH]c(=O)c(Oc7ccccc7)cc65)CCO4)cc3)C2)CN1. The third-order valence-corrected chi connectivity index (χ3v) is 17.5. The number of ether oxygens (including phenoxy) is 4. The lowest BCUT2D eigenvalue weighted by Crippen LogP contribution is -2.62. The first-order valence-corrected chi connectivity index (χ1v) is 30.2. The van der Waals surface area contributed by atoms with Crippen molar-refractivity contribution in [3.8, 4) is 23.0 Å². The number of morpholine rings is 2. The Bertz CT molecular complexity index is 3140. The second-order valence-corrected chi connectivity index (χ2v) is 25.3. The second-order valence-electron chi connectivity index (χ2n) is 25.3. The molecule has 0 bridgehead atoms. The molecule has 22 nitrogen and oxygen atoms in total. The number of carbonyl (C=O) groups is 4. The van der Waals surface area contributed by atoms with E-state index in [1.165, 1.54) is 0 Å². The Balaban J connectivity index is 0.629. The summed E-state index contributed by atoms with van der Waals surface area (Å²) >= 11 is 0. The van der Waals surface area contributed by atoms with Crippen molar-refractivity contribution >= 4 is 35.0 Å². The van der Waals surface area contributed by atoms with Gasteiger partial charge < -0.3 is 60.0 Å². The molecule has 86 heavy (non-hydrogen) atoms. The summed E-state index contributed by atoms with van der Waals surface area (Å²) in [6.45, 7) is 21.1. The lowest BCUT2D eigenvalue weighted by molar-refractivity contribution is -0.139. The van der Waals surface area contributed by atoms with Crippen LogP contribution in [0, 0.1) is 0 Å². The van der Waals surface area contributed by atoms with Crippen LogP contribution < -0.4 is 51.7 Å². The van der Waals surface area contributed by atoms with E-state index in [0.29, 0.717) is 139 Å². The molecular weight excluding hydrogens is 1100 g/mol. The van der Waals surface area contributed by atoms with E-state index in [2.05, 4.69) is 64.7 Å². The number of pyridine rings is 2. The lowest BCUT2D eigenvalue weighted by atomic mass is 9.91. The zero-order valence-corrected chi connectivity index (χ0v) is 50.2. The Morgan fingerprint density at radius 2 is 0.965 bits per heavy atom. The van der Waals surface area contributed by atoms with Crippen LogP contribution in [0.4, 0.5) is 11.4 Å². The molecule has 0 aliphatic carbocycles. The van der Waals surface area contributed by atoms with Gasteiger partial charge in [-0.25, -0.2) is 0 Å². The van der Waals surface area contributed by atoms with Gasteiger partial charge >= 0.3 is 0 Å². The number of aromatic nitrogens is 2. The van der Waals surface area contributed by atoms with E-state index in [4.69, 9.17) is 18.9 Å². The molecule has 8 heterocycles. The zero-order valence-electron chi connectivity index (χ0n) is 50.2. The van der Waals surface area contributed by atoms with Gasteiger partial charge in [-0.05, 0) is 49.2 Å². The molecule has 5 aromatic rings. The molecule has 4 fully saturated rings. The Kier molecular flexibility index (Phi) is 18.2. The molecule has 6 atom stereocenters. The molecule has 22 heteroatoms. The Hall–Kier alpha value is -7.28. The fraction of sp³-hybridized carbons (Fsp3) is 0.500. The minimum Gasteiger partial charge on any atom is -0.451 e. The van der Waals surface area contributed by atoms with E-state index in [1.807, 2.05) is 88.4 Å². The molecule has 11 rings (SSSR count). The van der Waals surface area contributed by atoms with Gasteiger partial charge in [-0.2, -0.15) is 0 Å². The number of hydrogen-bond acceptors (Lipinski definition) is 16. The van der Waals surface area contributed by atoms with Crippen molar-refractivity contribution in [3.63, 3.8) is 0 Å². The molecule has 3 aromatic carbocycles. The van der Waals surface area contributed by atoms with Gasteiger partial charge in [0.05, 0.1) is 37.7 Å². The van der Waals surface area contributed by atoms with Crippen LogP contribution in [0.2, 0.25) is 0 Å². The minimum absolute atomic E-state index is 0.000235. The first kappa shape index (κ1) is 60.4. The van der Waals surface area contributed by atoms with Crippen molar-refractivity contribution < 1.29 is 38.1 Å². The van der Waals surface area contributed by atoms with Gasteiger partial charge in [0.2, 0.25) is 11.8 Å². The van der Waals surface area contributed by atoms with Crippen LogP contribution in [-0.2, 0) is 52.6 Å². The fourth-order valence-electron chi connectivity index (χ4n) is 12.8. The Morgan fingerprint density at radius 1 is 0.570 bits per heavy atom. The van der Waals surface area contributed by atoms with E-state index in [9.17, 15) is 28.8 Å². The van der Waals surface area contributed by atoms with E-state index < -0.39 is 23.0 Å². The number of anilines is 2. The number of nitrogens with one attached hydrogen (secondary N) is 6.